The maximum Gasteiger partial charge on any atom is 0.121 e. The normalized spacial score (nSPS) is 17.8. The van der Waals surface area contributed by atoms with Gasteiger partial charge in [-0.1, -0.05) is 12.1 Å². The van der Waals surface area contributed by atoms with Crippen LogP contribution < -0.4 is 5.32 Å². The number of nitrogens with one attached hydrogen (secondary N) is 1. The molecule has 4 heteroatoms. The van der Waals surface area contributed by atoms with E-state index in [0.29, 0.717) is 11.8 Å². The highest BCUT2D eigenvalue weighted by molar-refractivity contribution is 5.42. The van der Waals surface area contributed by atoms with Crippen LogP contribution >= 0.6 is 0 Å². The smallest absolute Gasteiger partial charge is 0.121 e. The molecule has 1 heterocycles. The maximum absolute atomic E-state index is 9.85. The van der Waals surface area contributed by atoms with E-state index < -0.39 is 0 Å². The molecule has 0 saturated heterocycles. The molecule has 112 valence electrons. The van der Waals surface area contributed by atoms with Crippen molar-refractivity contribution in [3.8, 4) is 5.75 Å². The van der Waals surface area contributed by atoms with Gasteiger partial charge in [-0.05, 0) is 49.8 Å². The minimum atomic E-state index is 0.386. The van der Waals surface area contributed by atoms with Crippen LogP contribution in [0.25, 0.3) is 0 Å². The molecule has 0 bridgehead atoms. The van der Waals surface area contributed by atoms with Gasteiger partial charge in [0.15, 0.2) is 0 Å². The number of aryl methyl sites for hydroxylation is 3. The average molecular weight is 285 g/mol. The average Bonchev–Trinajstić information content (AvgIpc) is 2.85. The standard InChI is InChI=1S/C17H23N3O/c1-11-7-13(8-12(2)17(11)21)9-18-15-5-4-6-16-14(15)10-19-20(16)3/h7-8,10,15,18,21H,4-6,9H2,1-3H3. The SMILES string of the molecule is Cc1cc(CNC2CCCc3c2cnn3C)cc(C)c1O. The number of hydrogen-bond donors (Lipinski definition) is 2. The molecule has 1 atom stereocenters. The van der Waals surface area contributed by atoms with Gasteiger partial charge in [0.05, 0.1) is 6.20 Å². The summed E-state index contributed by atoms with van der Waals surface area (Å²) in [5.41, 5.74) is 5.81. The van der Waals surface area contributed by atoms with Crippen molar-refractivity contribution in [1.82, 2.24) is 15.1 Å². The molecular formula is C17H23N3O. The second-order valence-electron chi connectivity index (χ2n) is 6.07. The molecule has 3 rings (SSSR count). The van der Waals surface area contributed by atoms with Crippen LogP contribution in [0.2, 0.25) is 0 Å². The largest absolute Gasteiger partial charge is 0.507 e. The van der Waals surface area contributed by atoms with Crippen molar-refractivity contribution >= 4 is 0 Å². The van der Waals surface area contributed by atoms with E-state index in [0.717, 1.165) is 30.5 Å². The summed E-state index contributed by atoms with van der Waals surface area (Å²) in [6.07, 6.45) is 5.49. The molecular weight excluding hydrogens is 262 g/mol. The highest BCUT2D eigenvalue weighted by Crippen LogP contribution is 2.30. The number of phenolic OH excluding ortho intramolecular Hbond substituents is 1. The Bertz CT molecular complexity index is 637. The fourth-order valence-corrected chi connectivity index (χ4v) is 3.31. The summed E-state index contributed by atoms with van der Waals surface area (Å²) in [4.78, 5) is 0. The van der Waals surface area contributed by atoms with Crippen LogP contribution in [0.5, 0.6) is 5.75 Å². The van der Waals surface area contributed by atoms with E-state index in [2.05, 4.69) is 22.5 Å². The van der Waals surface area contributed by atoms with Gasteiger partial charge in [0, 0.05) is 30.9 Å². The number of aromatic hydroxyl groups is 1. The summed E-state index contributed by atoms with van der Waals surface area (Å²) in [7, 11) is 2.02. The van der Waals surface area contributed by atoms with Gasteiger partial charge < -0.3 is 10.4 Å². The molecule has 1 aliphatic rings. The van der Waals surface area contributed by atoms with Crippen molar-refractivity contribution in [2.45, 2.75) is 45.7 Å². The zero-order valence-electron chi connectivity index (χ0n) is 13.0. The van der Waals surface area contributed by atoms with Gasteiger partial charge in [-0.2, -0.15) is 5.10 Å². The predicted molar refractivity (Wildman–Crippen MR) is 83.3 cm³/mol. The summed E-state index contributed by atoms with van der Waals surface area (Å²) >= 11 is 0. The number of fused-ring (bicyclic) bond motifs is 1. The second-order valence-corrected chi connectivity index (χ2v) is 6.07. The first-order valence-electron chi connectivity index (χ1n) is 7.59. The topological polar surface area (TPSA) is 50.1 Å². The number of benzene rings is 1. The highest BCUT2D eigenvalue weighted by atomic mass is 16.3. The molecule has 1 aromatic heterocycles. The van der Waals surface area contributed by atoms with Gasteiger partial charge in [-0.15, -0.1) is 0 Å². The number of aromatic nitrogens is 2. The summed E-state index contributed by atoms with van der Waals surface area (Å²) in [5, 5.41) is 17.9. The van der Waals surface area contributed by atoms with Crippen LogP contribution in [0.4, 0.5) is 0 Å². The lowest BCUT2D eigenvalue weighted by atomic mass is 9.92. The molecule has 0 aliphatic heterocycles. The Morgan fingerprint density at radius 1 is 1.33 bits per heavy atom. The van der Waals surface area contributed by atoms with Crippen molar-refractivity contribution in [2.24, 2.45) is 7.05 Å². The molecule has 2 N–H and O–H groups in total. The van der Waals surface area contributed by atoms with Crippen LogP contribution in [0, 0.1) is 13.8 Å². The van der Waals surface area contributed by atoms with Crippen molar-refractivity contribution in [3.63, 3.8) is 0 Å². The Kier molecular flexibility index (Phi) is 3.72. The molecule has 0 amide bonds. The second kappa shape index (κ2) is 5.53. The molecule has 0 spiro atoms. The lowest BCUT2D eigenvalue weighted by molar-refractivity contribution is 0.450. The molecule has 2 aromatic rings. The van der Waals surface area contributed by atoms with Crippen molar-refractivity contribution in [3.05, 3.63) is 46.3 Å². The molecule has 4 nitrogen and oxygen atoms in total. The Morgan fingerprint density at radius 3 is 2.76 bits per heavy atom. The van der Waals surface area contributed by atoms with E-state index in [1.165, 1.54) is 23.2 Å². The summed E-state index contributed by atoms with van der Waals surface area (Å²) in [5.74, 6) is 0.408. The minimum absolute atomic E-state index is 0.386. The zero-order chi connectivity index (χ0) is 15.0. The molecule has 0 saturated carbocycles. The lowest BCUT2D eigenvalue weighted by Gasteiger charge is -2.24. The van der Waals surface area contributed by atoms with E-state index in [1.54, 1.807) is 0 Å². The summed E-state index contributed by atoms with van der Waals surface area (Å²) < 4.78 is 2.00. The number of nitrogens with zero attached hydrogens (tertiary/aromatic N) is 2. The van der Waals surface area contributed by atoms with Gasteiger partial charge in [0.1, 0.15) is 5.75 Å². The molecule has 0 radical (unpaired) electrons. The number of rotatable bonds is 3. The number of hydrogen-bond acceptors (Lipinski definition) is 3. The fourth-order valence-electron chi connectivity index (χ4n) is 3.31. The monoisotopic (exact) mass is 285 g/mol. The molecule has 21 heavy (non-hydrogen) atoms. The first kappa shape index (κ1) is 14.1. The summed E-state index contributed by atoms with van der Waals surface area (Å²) in [6, 6.07) is 4.50. The maximum atomic E-state index is 9.85. The Balaban J connectivity index is 1.74. The van der Waals surface area contributed by atoms with Crippen LogP contribution in [-0.4, -0.2) is 14.9 Å². The first-order valence-corrected chi connectivity index (χ1v) is 7.59. The van der Waals surface area contributed by atoms with Gasteiger partial charge >= 0.3 is 0 Å². The minimum Gasteiger partial charge on any atom is -0.507 e. The van der Waals surface area contributed by atoms with E-state index >= 15 is 0 Å². The van der Waals surface area contributed by atoms with Crippen LogP contribution in [0.1, 0.15) is 46.8 Å². The molecule has 1 aliphatic carbocycles. The Labute approximate surface area is 125 Å². The van der Waals surface area contributed by atoms with E-state index in [-0.39, 0.29) is 0 Å². The van der Waals surface area contributed by atoms with Gasteiger partial charge in [-0.25, -0.2) is 0 Å². The summed E-state index contributed by atoms with van der Waals surface area (Å²) in [6.45, 7) is 4.72. The van der Waals surface area contributed by atoms with E-state index in [1.807, 2.05) is 31.8 Å². The van der Waals surface area contributed by atoms with E-state index in [9.17, 15) is 5.11 Å². The van der Waals surface area contributed by atoms with Gasteiger partial charge in [0.2, 0.25) is 0 Å². The number of phenols is 1. The first-order chi connectivity index (χ1) is 10.1. The highest BCUT2D eigenvalue weighted by Gasteiger charge is 2.22. The fraction of sp³-hybridized carbons (Fsp3) is 0.471. The molecule has 1 aromatic carbocycles. The van der Waals surface area contributed by atoms with Crippen molar-refractivity contribution in [1.29, 1.82) is 0 Å². The third-order valence-corrected chi connectivity index (χ3v) is 4.48. The molecule has 1 unspecified atom stereocenters. The Hall–Kier alpha value is -1.81. The zero-order valence-corrected chi connectivity index (χ0v) is 13.0. The predicted octanol–water partition coefficient (Wildman–Crippen LogP) is 2.91. The van der Waals surface area contributed by atoms with Gasteiger partial charge in [0.25, 0.3) is 0 Å². The lowest BCUT2D eigenvalue weighted by Crippen LogP contribution is -2.25. The molecule has 0 fully saturated rings. The third kappa shape index (κ3) is 2.68. The van der Waals surface area contributed by atoms with Crippen molar-refractivity contribution < 1.29 is 5.11 Å². The van der Waals surface area contributed by atoms with Crippen LogP contribution in [0.15, 0.2) is 18.3 Å². The van der Waals surface area contributed by atoms with E-state index in [4.69, 9.17) is 0 Å². The Morgan fingerprint density at radius 2 is 2.05 bits per heavy atom. The van der Waals surface area contributed by atoms with Gasteiger partial charge in [-0.3, -0.25) is 4.68 Å². The van der Waals surface area contributed by atoms with Crippen LogP contribution in [-0.2, 0) is 20.0 Å². The quantitative estimate of drug-likeness (QED) is 0.911. The van der Waals surface area contributed by atoms with Crippen molar-refractivity contribution in [2.75, 3.05) is 0 Å². The third-order valence-electron chi connectivity index (χ3n) is 4.48. The van der Waals surface area contributed by atoms with Crippen LogP contribution in [0.3, 0.4) is 0 Å².